The number of aromatic hydroxyl groups is 2. The third kappa shape index (κ3) is 9.26. The summed E-state index contributed by atoms with van der Waals surface area (Å²) in [5.74, 6) is -1.21. The zero-order chi connectivity index (χ0) is 18.5. The average Bonchev–Trinajstić information content (AvgIpc) is 2.55. The molecule has 24 heavy (non-hydrogen) atoms. The molecule has 0 saturated carbocycles. The molecular weight excluding hydrogens is 314 g/mol. The van der Waals surface area contributed by atoms with E-state index in [-0.39, 0.29) is 24.7 Å². The molecule has 1 aromatic rings. The smallest absolute Gasteiger partial charge is 0.333 e. The third-order valence-electron chi connectivity index (χ3n) is 2.55. The molecule has 1 rings (SSSR count). The lowest BCUT2D eigenvalue weighted by Crippen LogP contribution is -2.12. The fourth-order valence-corrected chi connectivity index (χ4v) is 1.35. The molecule has 0 amide bonds. The van der Waals surface area contributed by atoms with Crippen LogP contribution in [0.5, 0.6) is 11.5 Å². The van der Waals surface area contributed by atoms with Gasteiger partial charge in [-0.1, -0.05) is 19.2 Å². The molecule has 0 aliphatic rings. The van der Waals surface area contributed by atoms with Crippen molar-refractivity contribution in [1.82, 2.24) is 0 Å². The van der Waals surface area contributed by atoms with Crippen molar-refractivity contribution in [3.05, 3.63) is 48.6 Å². The number of esters is 2. The highest BCUT2D eigenvalue weighted by Gasteiger charge is 2.02. The molecule has 4 N–H and O–H groups in total. The number of carbonyl (C=O) groups is 2. The van der Waals surface area contributed by atoms with Crippen molar-refractivity contribution in [1.29, 1.82) is 0 Å². The second-order valence-corrected chi connectivity index (χ2v) is 4.65. The second-order valence-electron chi connectivity index (χ2n) is 4.65. The van der Waals surface area contributed by atoms with Crippen LogP contribution < -0.4 is 5.73 Å². The Morgan fingerprint density at radius 1 is 1.21 bits per heavy atom. The maximum atomic E-state index is 10.8. The number of carbonyl (C=O) groups excluding carboxylic acids is 2. The van der Waals surface area contributed by atoms with Crippen LogP contribution in [0.25, 0.3) is 0 Å². The molecule has 0 radical (unpaired) electrons. The summed E-state index contributed by atoms with van der Waals surface area (Å²) in [6.07, 6.45) is 1.76. The molecule has 0 fully saturated rings. The van der Waals surface area contributed by atoms with E-state index in [1.807, 2.05) is 0 Å². The van der Waals surface area contributed by atoms with Gasteiger partial charge in [0.2, 0.25) is 0 Å². The average molecular weight is 337 g/mol. The largest absolute Gasteiger partial charge is 0.504 e. The summed E-state index contributed by atoms with van der Waals surface area (Å²) < 4.78 is 9.21. The SMILES string of the molecule is C=CC(=O)OCCOC(=O)C(=C)C.NCCc1ccc(O)c(O)c1. The fraction of sp³-hybridized carbons (Fsp3) is 0.294. The number of phenols is 2. The Hall–Kier alpha value is -2.80. The highest BCUT2D eigenvalue weighted by molar-refractivity contribution is 5.86. The van der Waals surface area contributed by atoms with Crippen LogP contribution in [0.4, 0.5) is 0 Å². The quantitative estimate of drug-likeness (QED) is 0.298. The van der Waals surface area contributed by atoms with Crippen LogP contribution in [0.2, 0.25) is 0 Å². The van der Waals surface area contributed by atoms with Crippen LogP contribution in [0.3, 0.4) is 0 Å². The minimum atomic E-state index is -0.536. The van der Waals surface area contributed by atoms with Gasteiger partial charge >= 0.3 is 11.9 Å². The number of nitrogens with two attached hydrogens (primary N) is 1. The Bertz CT molecular complexity index is 582. The Morgan fingerprint density at radius 3 is 2.33 bits per heavy atom. The fourth-order valence-electron chi connectivity index (χ4n) is 1.35. The molecule has 7 heteroatoms. The first kappa shape index (κ1) is 21.2. The molecule has 132 valence electrons. The van der Waals surface area contributed by atoms with Gasteiger partial charge in [-0.05, 0) is 37.6 Å². The molecule has 0 unspecified atom stereocenters. The van der Waals surface area contributed by atoms with E-state index < -0.39 is 11.9 Å². The second kappa shape index (κ2) is 11.7. The molecule has 0 heterocycles. The van der Waals surface area contributed by atoms with E-state index in [4.69, 9.17) is 15.9 Å². The van der Waals surface area contributed by atoms with Gasteiger partial charge < -0.3 is 25.4 Å². The maximum Gasteiger partial charge on any atom is 0.333 e. The van der Waals surface area contributed by atoms with Gasteiger partial charge in [-0.15, -0.1) is 0 Å². The topological polar surface area (TPSA) is 119 Å². The lowest BCUT2D eigenvalue weighted by Gasteiger charge is -2.03. The monoisotopic (exact) mass is 337 g/mol. The van der Waals surface area contributed by atoms with E-state index in [1.54, 1.807) is 6.07 Å². The molecule has 0 aromatic heterocycles. The molecule has 0 atom stereocenters. The van der Waals surface area contributed by atoms with E-state index in [9.17, 15) is 9.59 Å². The number of hydrogen-bond donors (Lipinski definition) is 3. The van der Waals surface area contributed by atoms with E-state index in [0.717, 1.165) is 11.6 Å². The number of benzene rings is 1. The third-order valence-corrected chi connectivity index (χ3v) is 2.55. The molecule has 0 aliphatic carbocycles. The molecule has 0 saturated heterocycles. The highest BCUT2D eigenvalue weighted by Crippen LogP contribution is 2.24. The summed E-state index contributed by atoms with van der Waals surface area (Å²) in [5.41, 5.74) is 6.55. The Labute approximate surface area is 141 Å². The van der Waals surface area contributed by atoms with Gasteiger partial charge in [0.15, 0.2) is 11.5 Å². The summed E-state index contributed by atoms with van der Waals surface area (Å²) >= 11 is 0. The lowest BCUT2D eigenvalue weighted by atomic mass is 10.1. The van der Waals surface area contributed by atoms with E-state index in [2.05, 4.69) is 22.6 Å². The minimum Gasteiger partial charge on any atom is -0.504 e. The summed E-state index contributed by atoms with van der Waals surface area (Å²) in [6, 6.07) is 4.71. The molecule has 0 spiro atoms. The predicted molar refractivity (Wildman–Crippen MR) is 89.5 cm³/mol. The molecule has 0 aliphatic heterocycles. The van der Waals surface area contributed by atoms with Crippen LogP contribution >= 0.6 is 0 Å². The number of rotatable bonds is 7. The van der Waals surface area contributed by atoms with Crippen molar-refractivity contribution < 1.29 is 29.3 Å². The van der Waals surface area contributed by atoms with Crippen molar-refractivity contribution in [2.24, 2.45) is 5.73 Å². The zero-order valence-corrected chi connectivity index (χ0v) is 13.7. The van der Waals surface area contributed by atoms with Gasteiger partial charge in [0.05, 0.1) is 0 Å². The first-order chi connectivity index (χ1) is 11.3. The Morgan fingerprint density at radius 2 is 1.83 bits per heavy atom. The van der Waals surface area contributed by atoms with Crippen LogP contribution in [0.1, 0.15) is 12.5 Å². The first-order valence-electron chi connectivity index (χ1n) is 7.14. The Kier molecular flexibility index (Phi) is 10.4. The normalized spacial score (nSPS) is 9.25. The van der Waals surface area contributed by atoms with Crippen molar-refractivity contribution >= 4 is 11.9 Å². The minimum absolute atomic E-state index is 0.0316. The molecule has 1 aromatic carbocycles. The van der Waals surface area contributed by atoms with Crippen LogP contribution in [-0.2, 0) is 25.5 Å². The van der Waals surface area contributed by atoms with Gasteiger partial charge in [0.1, 0.15) is 13.2 Å². The van der Waals surface area contributed by atoms with Crippen LogP contribution in [0.15, 0.2) is 43.0 Å². The van der Waals surface area contributed by atoms with Gasteiger partial charge in [-0.2, -0.15) is 0 Å². The van der Waals surface area contributed by atoms with Gasteiger partial charge in [-0.3, -0.25) is 0 Å². The predicted octanol–water partition coefficient (Wildman–Crippen LogP) is 1.43. The van der Waals surface area contributed by atoms with Crippen molar-refractivity contribution in [3.63, 3.8) is 0 Å². The van der Waals surface area contributed by atoms with Gasteiger partial charge in [0, 0.05) is 11.6 Å². The molecule has 0 bridgehead atoms. The highest BCUT2D eigenvalue weighted by atomic mass is 16.6. The van der Waals surface area contributed by atoms with Crippen molar-refractivity contribution in [2.75, 3.05) is 19.8 Å². The Balaban J connectivity index is 0.000000446. The zero-order valence-electron chi connectivity index (χ0n) is 13.7. The van der Waals surface area contributed by atoms with E-state index in [0.29, 0.717) is 18.5 Å². The van der Waals surface area contributed by atoms with Crippen LogP contribution in [-0.4, -0.2) is 41.9 Å². The van der Waals surface area contributed by atoms with E-state index in [1.165, 1.54) is 19.1 Å². The number of ether oxygens (including phenoxy) is 2. The number of hydrogen-bond acceptors (Lipinski definition) is 7. The van der Waals surface area contributed by atoms with Crippen molar-refractivity contribution in [2.45, 2.75) is 13.3 Å². The summed E-state index contributed by atoms with van der Waals surface area (Å²) in [6.45, 7) is 8.74. The van der Waals surface area contributed by atoms with Crippen LogP contribution in [0, 0.1) is 0 Å². The standard InChI is InChI=1S/C9H12O4.C8H11NO2/c1-4-8(10)12-5-6-13-9(11)7(2)3;9-4-3-6-1-2-7(10)8(11)5-6/h4H,1-2,5-6H2,3H3;1-2,5,10-11H,3-4,9H2. The van der Waals surface area contributed by atoms with E-state index >= 15 is 0 Å². The first-order valence-corrected chi connectivity index (χ1v) is 7.14. The summed E-state index contributed by atoms with van der Waals surface area (Å²) in [7, 11) is 0. The van der Waals surface area contributed by atoms with Crippen molar-refractivity contribution in [3.8, 4) is 11.5 Å². The maximum absolute atomic E-state index is 10.8. The van der Waals surface area contributed by atoms with Gasteiger partial charge in [0.25, 0.3) is 0 Å². The summed E-state index contributed by atoms with van der Waals surface area (Å²) in [4.78, 5) is 21.3. The van der Waals surface area contributed by atoms with Gasteiger partial charge in [-0.25, -0.2) is 9.59 Å². The molecule has 7 nitrogen and oxygen atoms in total. The lowest BCUT2D eigenvalue weighted by molar-refractivity contribution is -0.146. The summed E-state index contributed by atoms with van der Waals surface area (Å²) in [5, 5.41) is 18.0. The molecular formula is C17H23NO6. The number of phenolic OH excluding ortho intramolecular Hbond substituents is 2.